The van der Waals surface area contributed by atoms with Crippen LogP contribution in [0.5, 0.6) is 0 Å². The Hall–Kier alpha value is -1.66. The van der Waals surface area contributed by atoms with E-state index in [1.165, 1.54) is 11.1 Å². The minimum Gasteiger partial charge on any atom is -0.376 e. The Morgan fingerprint density at radius 2 is 2.35 bits per heavy atom. The van der Waals surface area contributed by atoms with Gasteiger partial charge in [-0.2, -0.15) is 0 Å². The van der Waals surface area contributed by atoms with E-state index < -0.39 is 0 Å². The number of carbonyl (C=O) groups is 1. The van der Waals surface area contributed by atoms with Crippen molar-refractivity contribution in [1.29, 1.82) is 0 Å². The lowest BCUT2D eigenvalue weighted by molar-refractivity contribution is -0.114. The molecular formula is C17H23N3O2S. The van der Waals surface area contributed by atoms with E-state index >= 15 is 0 Å². The minimum atomic E-state index is -0.0328. The second-order valence-corrected chi connectivity index (χ2v) is 6.50. The first-order chi connectivity index (χ1) is 11.1. The van der Waals surface area contributed by atoms with Crippen LogP contribution >= 0.6 is 12.2 Å². The van der Waals surface area contributed by atoms with Crippen molar-refractivity contribution in [2.75, 3.05) is 25.0 Å². The van der Waals surface area contributed by atoms with Gasteiger partial charge < -0.3 is 20.3 Å². The van der Waals surface area contributed by atoms with Crippen LogP contribution in [0, 0.1) is 0 Å². The predicted molar refractivity (Wildman–Crippen MR) is 94.4 cm³/mol. The molecule has 1 fully saturated rings. The van der Waals surface area contributed by atoms with E-state index in [2.05, 4.69) is 21.6 Å². The summed E-state index contributed by atoms with van der Waals surface area (Å²) in [7, 11) is 0. The molecule has 5 nitrogen and oxygen atoms in total. The van der Waals surface area contributed by atoms with E-state index in [0.717, 1.165) is 56.3 Å². The van der Waals surface area contributed by atoms with Gasteiger partial charge in [0, 0.05) is 38.9 Å². The molecule has 0 bridgehead atoms. The van der Waals surface area contributed by atoms with Gasteiger partial charge in [-0.1, -0.05) is 12.1 Å². The van der Waals surface area contributed by atoms with Crippen LogP contribution in [0.1, 0.15) is 30.9 Å². The highest BCUT2D eigenvalue weighted by molar-refractivity contribution is 7.80. The molecule has 2 N–H and O–H groups in total. The van der Waals surface area contributed by atoms with Crippen molar-refractivity contribution >= 4 is 28.9 Å². The Morgan fingerprint density at radius 3 is 3.09 bits per heavy atom. The number of anilines is 1. The number of hydrogen-bond acceptors (Lipinski definition) is 3. The fourth-order valence-electron chi connectivity index (χ4n) is 3.21. The van der Waals surface area contributed by atoms with E-state index in [4.69, 9.17) is 17.0 Å². The second-order valence-electron chi connectivity index (χ2n) is 6.12. The number of benzene rings is 1. The highest BCUT2D eigenvalue weighted by atomic mass is 32.1. The van der Waals surface area contributed by atoms with Gasteiger partial charge in [0.2, 0.25) is 5.91 Å². The van der Waals surface area contributed by atoms with Crippen LogP contribution in [-0.2, 0) is 22.5 Å². The normalized spacial score (nSPS) is 20.0. The van der Waals surface area contributed by atoms with E-state index in [-0.39, 0.29) is 12.0 Å². The molecule has 2 heterocycles. The number of thiocarbonyl (C=S) groups is 1. The third-order valence-corrected chi connectivity index (χ3v) is 4.77. The first-order valence-corrected chi connectivity index (χ1v) is 8.57. The maximum Gasteiger partial charge on any atom is 0.221 e. The molecule has 1 aromatic rings. The zero-order valence-corrected chi connectivity index (χ0v) is 14.2. The van der Waals surface area contributed by atoms with Crippen LogP contribution in [0.25, 0.3) is 0 Å². The summed E-state index contributed by atoms with van der Waals surface area (Å²) < 4.78 is 5.62. The number of nitrogens with one attached hydrogen (secondary N) is 2. The average Bonchev–Trinajstić information content (AvgIpc) is 3.05. The molecule has 0 radical (unpaired) electrons. The quantitative estimate of drug-likeness (QED) is 0.829. The van der Waals surface area contributed by atoms with E-state index in [0.29, 0.717) is 0 Å². The SMILES string of the molecule is CC(=O)Nc1cccc2c1CCN(C(=S)NC[C@@H]1CCCO1)C2. The van der Waals surface area contributed by atoms with Gasteiger partial charge in [0.05, 0.1) is 6.10 Å². The van der Waals surface area contributed by atoms with E-state index in [1.54, 1.807) is 6.92 Å². The summed E-state index contributed by atoms with van der Waals surface area (Å²) in [4.78, 5) is 13.5. The molecule has 0 aromatic heterocycles. The molecule has 0 aliphatic carbocycles. The van der Waals surface area contributed by atoms with Crippen molar-refractivity contribution in [3.63, 3.8) is 0 Å². The minimum absolute atomic E-state index is 0.0328. The lowest BCUT2D eigenvalue weighted by Crippen LogP contribution is -2.44. The topological polar surface area (TPSA) is 53.6 Å². The summed E-state index contributed by atoms with van der Waals surface area (Å²) >= 11 is 5.53. The fraction of sp³-hybridized carbons (Fsp3) is 0.529. The molecule has 1 aromatic carbocycles. The molecule has 23 heavy (non-hydrogen) atoms. The van der Waals surface area contributed by atoms with Crippen LogP contribution in [0.3, 0.4) is 0 Å². The van der Waals surface area contributed by atoms with Gasteiger partial charge in [0.1, 0.15) is 0 Å². The molecule has 124 valence electrons. The summed E-state index contributed by atoms with van der Waals surface area (Å²) in [6.07, 6.45) is 3.42. The number of amides is 1. The molecule has 1 saturated heterocycles. The number of carbonyl (C=O) groups excluding carboxylic acids is 1. The molecule has 2 aliphatic rings. The van der Waals surface area contributed by atoms with Crippen LogP contribution in [0.4, 0.5) is 5.69 Å². The van der Waals surface area contributed by atoms with Crippen molar-refractivity contribution in [2.24, 2.45) is 0 Å². The van der Waals surface area contributed by atoms with Crippen molar-refractivity contribution in [3.05, 3.63) is 29.3 Å². The third-order valence-electron chi connectivity index (χ3n) is 4.37. The average molecular weight is 333 g/mol. The Kier molecular flexibility index (Phi) is 5.13. The second kappa shape index (κ2) is 7.27. The zero-order chi connectivity index (χ0) is 16.2. The molecule has 0 unspecified atom stereocenters. The summed E-state index contributed by atoms with van der Waals surface area (Å²) in [6.45, 7) is 4.83. The summed E-state index contributed by atoms with van der Waals surface area (Å²) in [5, 5.41) is 7.04. The van der Waals surface area contributed by atoms with Gasteiger partial charge in [0.15, 0.2) is 5.11 Å². The molecule has 0 spiro atoms. The fourth-order valence-corrected chi connectivity index (χ4v) is 3.45. The summed E-state index contributed by atoms with van der Waals surface area (Å²) in [6, 6.07) is 6.05. The summed E-state index contributed by atoms with van der Waals surface area (Å²) in [5.74, 6) is -0.0328. The number of ether oxygens (including phenoxy) is 1. The Balaban J connectivity index is 1.61. The van der Waals surface area contributed by atoms with E-state index in [9.17, 15) is 4.79 Å². The highest BCUT2D eigenvalue weighted by Crippen LogP contribution is 2.26. The Morgan fingerprint density at radius 1 is 1.48 bits per heavy atom. The third kappa shape index (κ3) is 4.00. The number of rotatable bonds is 3. The van der Waals surface area contributed by atoms with Gasteiger partial charge in [0.25, 0.3) is 0 Å². The van der Waals surface area contributed by atoms with Crippen LogP contribution in [0.15, 0.2) is 18.2 Å². The summed E-state index contributed by atoms with van der Waals surface area (Å²) in [5.41, 5.74) is 3.37. The highest BCUT2D eigenvalue weighted by Gasteiger charge is 2.22. The van der Waals surface area contributed by atoms with Crippen molar-refractivity contribution in [2.45, 2.75) is 38.8 Å². The Labute approximate surface area is 142 Å². The number of nitrogens with zero attached hydrogens (tertiary/aromatic N) is 1. The molecule has 3 rings (SSSR count). The maximum atomic E-state index is 11.3. The van der Waals surface area contributed by atoms with Crippen molar-refractivity contribution in [3.8, 4) is 0 Å². The van der Waals surface area contributed by atoms with Gasteiger partial charge in [-0.05, 0) is 48.7 Å². The number of hydrogen-bond donors (Lipinski definition) is 2. The monoisotopic (exact) mass is 333 g/mol. The first kappa shape index (κ1) is 16.2. The van der Waals surface area contributed by atoms with Crippen molar-refractivity contribution in [1.82, 2.24) is 10.2 Å². The van der Waals surface area contributed by atoms with Gasteiger partial charge in [-0.3, -0.25) is 4.79 Å². The molecule has 0 saturated carbocycles. The van der Waals surface area contributed by atoms with Crippen LogP contribution in [-0.4, -0.2) is 41.7 Å². The molecule has 2 aliphatic heterocycles. The van der Waals surface area contributed by atoms with Crippen LogP contribution in [0.2, 0.25) is 0 Å². The van der Waals surface area contributed by atoms with E-state index in [1.807, 2.05) is 12.1 Å². The molecule has 1 amide bonds. The van der Waals surface area contributed by atoms with Crippen molar-refractivity contribution < 1.29 is 9.53 Å². The largest absolute Gasteiger partial charge is 0.376 e. The first-order valence-electron chi connectivity index (χ1n) is 8.16. The standard InChI is InChI=1S/C17H23N3O2S/c1-12(21)19-16-6-2-4-13-11-20(8-7-15(13)16)17(23)18-10-14-5-3-9-22-14/h2,4,6,14H,3,5,7-11H2,1H3,(H,18,23)(H,19,21)/t14-/m0/s1. The van der Waals surface area contributed by atoms with Gasteiger partial charge >= 0.3 is 0 Å². The number of fused-ring (bicyclic) bond motifs is 1. The molecule has 1 atom stereocenters. The van der Waals surface area contributed by atoms with Crippen LogP contribution < -0.4 is 10.6 Å². The lowest BCUT2D eigenvalue weighted by Gasteiger charge is -2.32. The zero-order valence-electron chi connectivity index (χ0n) is 13.4. The molecule has 6 heteroatoms. The predicted octanol–water partition coefficient (Wildman–Crippen LogP) is 2.06. The smallest absolute Gasteiger partial charge is 0.221 e. The Bertz CT molecular complexity index is 600. The maximum absolute atomic E-state index is 11.3. The van der Waals surface area contributed by atoms with Gasteiger partial charge in [-0.25, -0.2) is 0 Å². The lowest BCUT2D eigenvalue weighted by atomic mass is 9.98. The molecular weight excluding hydrogens is 310 g/mol. The van der Waals surface area contributed by atoms with Gasteiger partial charge in [-0.15, -0.1) is 0 Å².